The third kappa shape index (κ3) is 3.91. The van der Waals surface area contributed by atoms with E-state index in [1.807, 2.05) is 0 Å². The first-order valence-electron chi connectivity index (χ1n) is 6.06. The second-order valence-electron chi connectivity index (χ2n) is 4.34. The molecule has 3 N–H and O–H groups in total. The molecule has 1 aromatic carbocycles. The van der Waals surface area contributed by atoms with Crippen LogP contribution in [0, 0.1) is 0 Å². The molecule has 2 aromatic rings. The minimum Gasteiger partial charge on any atom is -0.465 e. The van der Waals surface area contributed by atoms with Crippen LogP contribution in [-0.2, 0) is 14.8 Å². The average molecular weight is 376 g/mol. The number of ether oxygens (including phenoxy) is 1. The predicted octanol–water partition coefficient (Wildman–Crippen LogP) is 2.57. The van der Waals surface area contributed by atoms with Gasteiger partial charge in [-0.15, -0.1) is 0 Å². The van der Waals surface area contributed by atoms with Crippen LogP contribution in [0.25, 0.3) is 0 Å². The maximum Gasteiger partial charge on any atom is 0.341 e. The van der Waals surface area contributed by atoms with Crippen LogP contribution in [0.1, 0.15) is 10.4 Å². The Kier molecular flexibility index (Phi) is 5.10. The highest BCUT2D eigenvalue weighted by Gasteiger charge is 2.24. The van der Waals surface area contributed by atoms with Crippen molar-refractivity contribution in [1.82, 2.24) is 4.98 Å². The lowest BCUT2D eigenvalue weighted by Crippen LogP contribution is -2.17. The van der Waals surface area contributed by atoms with E-state index in [0.717, 1.165) is 6.20 Å². The molecule has 0 saturated heterocycles. The second kappa shape index (κ2) is 6.71. The number of esters is 1. The standard InChI is InChI=1S/C13H11Cl2N3O4S/c1-22-13(19)9-6-17-12(23(16,20)21)10(15)11(9)18-8-4-2-3-7(14)5-8/h2-6H,1H3,(H,17,18)(H2,16,20,21). The molecule has 7 nitrogen and oxygen atoms in total. The van der Waals surface area contributed by atoms with Crippen molar-refractivity contribution in [2.24, 2.45) is 5.14 Å². The first kappa shape index (κ1) is 17.5. The van der Waals surface area contributed by atoms with Gasteiger partial charge in [0.15, 0.2) is 5.03 Å². The van der Waals surface area contributed by atoms with Crippen LogP contribution >= 0.6 is 23.2 Å². The number of hydrogen-bond donors (Lipinski definition) is 2. The van der Waals surface area contributed by atoms with E-state index in [2.05, 4.69) is 15.0 Å². The number of pyridine rings is 1. The number of carbonyl (C=O) groups is 1. The van der Waals surface area contributed by atoms with Crippen LogP contribution in [0.2, 0.25) is 10.0 Å². The molecule has 122 valence electrons. The van der Waals surface area contributed by atoms with Gasteiger partial charge >= 0.3 is 5.97 Å². The fraction of sp³-hybridized carbons (Fsp3) is 0.0769. The highest BCUT2D eigenvalue weighted by atomic mass is 35.5. The third-order valence-corrected chi connectivity index (χ3v) is 4.32. The van der Waals surface area contributed by atoms with Crippen LogP contribution in [0.4, 0.5) is 11.4 Å². The highest BCUT2D eigenvalue weighted by molar-refractivity contribution is 7.89. The zero-order chi connectivity index (χ0) is 17.2. The number of hydrogen-bond acceptors (Lipinski definition) is 6. The van der Waals surface area contributed by atoms with Crippen molar-refractivity contribution in [3.8, 4) is 0 Å². The number of nitrogens with zero attached hydrogens (tertiary/aromatic N) is 1. The van der Waals surface area contributed by atoms with Crippen molar-refractivity contribution in [3.63, 3.8) is 0 Å². The Hall–Kier alpha value is -1.87. The Morgan fingerprint density at radius 3 is 2.61 bits per heavy atom. The SMILES string of the molecule is COC(=O)c1cnc(S(N)(=O)=O)c(Cl)c1Nc1cccc(Cl)c1. The van der Waals surface area contributed by atoms with E-state index < -0.39 is 21.0 Å². The number of rotatable bonds is 4. The quantitative estimate of drug-likeness (QED) is 0.794. The lowest BCUT2D eigenvalue weighted by atomic mass is 10.2. The summed E-state index contributed by atoms with van der Waals surface area (Å²) in [5.41, 5.74) is 0.431. The molecule has 0 atom stereocenters. The summed E-state index contributed by atoms with van der Waals surface area (Å²) < 4.78 is 27.7. The maximum atomic E-state index is 11.8. The second-order valence-corrected chi connectivity index (χ2v) is 6.63. The molecular formula is C13H11Cl2N3O4S. The number of sulfonamides is 1. The van der Waals surface area contributed by atoms with Crippen molar-refractivity contribution >= 4 is 50.6 Å². The minimum absolute atomic E-state index is 0.000177. The molecule has 0 aliphatic heterocycles. The van der Waals surface area contributed by atoms with Crippen LogP contribution in [0.15, 0.2) is 35.5 Å². The molecule has 0 radical (unpaired) electrons. The van der Waals surface area contributed by atoms with Crippen LogP contribution in [0.3, 0.4) is 0 Å². The van der Waals surface area contributed by atoms with E-state index in [1.165, 1.54) is 7.11 Å². The van der Waals surface area contributed by atoms with Gasteiger partial charge in [-0.05, 0) is 18.2 Å². The van der Waals surface area contributed by atoms with Crippen LogP contribution in [-0.4, -0.2) is 26.5 Å². The fourth-order valence-corrected chi connectivity index (χ4v) is 3.03. The Morgan fingerprint density at radius 2 is 2.04 bits per heavy atom. The van der Waals surface area contributed by atoms with Gasteiger partial charge in [0, 0.05) is 16.9 Å². The number of halogens is 2. The molecule has 0 spiro atoms. The van der Waals surface area contributed by atoms with Gasteiger partial charge in [-0.25, -0.2) is 23.3 Å². The normalized spacial score (nSPS) is 11.1. The summed E-state index contributed by atoms with van der Waals surface area (Å²) in [5, 5.41) is 7.45. The maximum absolute atomic E-state index is 11.8. The molecule has 0 unspecified atom stereocenters. The summed E-state index contributed by atoms with van der Waals surface area (Å²) in [6.07, 6.45) is 1.02. The lowest BCUT2D eigenvalue weighted by molar-refractivity contribution is 0.0601. The van der Waals surface area contributed by atoms with Gasteiger partial charge in [-0.3, -0.25) is 0 Å². The van der Waals surface area contributed by atoms with Gasteiger partial charge in [0.25, 0.3) is 10.0 Å². The summed E-state index contributed by atoms with van der Waals surface area (Å²) >= 11 is 12.0. The van der Waals surface area contributed by atoms with Crippen LogP contribution < -0.4 is 10.5 Å². The summed E-state index contributed by atoms with van der Waals surface area (Å²) in [6.45, 7) is 0. The topological polar surface area (TPSA) is 111 Å². The molecule has 1 aromatic heterocycles. The third-order valence-electron chi connectivity index (χ3n) is 2.76. The molecule has 2 rings (SSSR count). The summed E-state index contributed by atoms with van der Waals surface area (Å²) in [4.78, 5) is 15.5. The van der Waals surface area contributed by atoms with Crippen molar-refractivity contribution < 1.29 is 17.9 Å². The molecule has 10 heteroatoms. The molecule has 0 aliphatic rings. The van der Waals surface area contributed by atoms with Gasteiger partial charge < -0.3 is 10.1 Å². The van der Waals surface area contributed by atoms with Gasteiger partial charge in [0.1, 0.15) is 10.6 Å². The van der Waals surface area contributed by atoms with Crippen molar-refractivity contribution in [2.45, 2.75) is 5.03 Å². The number of benzene rings is 1. The summed E-state index contributed by atoms with van der Waals surface area (Å²) in [5.74, 6) is -0.745. The van der Waals surface area contributed by atoms with E-state index in [-0.39, 0.29) is 16.3 Å². The molecule has 0 fully saturated rings. The zero-order valence-electron chi connectivity index (χ0n) is 11.7. The zero-order valence-corrected chi connectivity index (χ0v) is 14.0. The van der Waals surface area contributed by atoms with Crippen molar-refractivity contribution in [3.05, 3.63) is 46.1 Å². The number of aromatic nitrogens is 1. The van der Waals surface area contributed by atoms with E-state index >= 15 is 0 Å². The smallest absolute Gasteiger partial charge is 0.341 e. The molecule has 0 aliphatic carbocycles. The number of anilines is 2. The number of nitrogens with one attached hydrogen (secondary N) is 1. The molecule has 1 heterocycles. The predicted molar refractivity (Wildman–Crippen MR) is 86.7 cm³/mol. The van der Waals surface area contributed by atoms with Gasteiger partial charge in [0.2, 0.25) is 0 Å². The van der Waals surface area contributed by atoms with Gasteiger partial charge in [-0.1, -0.05) is 29.3 Å². The number of primary sulfonamides is 1. The molecular weight excluding hydrogens is 365 g/mol. The largest absolute Gasteiger partial charge is 0.465 e. The Balaban J connectivity index is 2.64. The van der Waals surface area contributed by atoms with Crippen molar-refractivity contribution in [2.75, 3.05) is 12.4 Å². The first-order valence-corrected chi connectivity index (χ1v) is 8.36. The lowest BCUT2D eigenvalue weighted by Gasteiger charge is -2.14. The monoisotopic (exact) mass is 375 g/mol. The Morgan fingerprint density at radius 1 is 1.35 bits per heavy atom. The number of methoxy groups -OCH3 is 1. The van der Waals surface area contributed by atoms with E-state index in [9.17, 15) is 13.2 Å². The average Bonchev–Trinajstić information content (AvgIpc) is 2.47. The van der Waals surface area contributed by atoms with E-state index in [0.29, 0.717) is 10.7 Å². The summed E-state index contributed by atoms with van der Waals surface area (Å²) in [7, 11) is -2.99. The highest BCUT2D eigenvalue weighted by Crippen LogP contribution is 2.33. The fourth-order valence-electron chi connectivity index (χ4n) is 1.77. The molecule has 0 bridgehead atoms. The summed E-state index contributed by atoms with van der Waals surface area (Å²) in [6, 6.07) is 6.53. The molecule has 23 heavy (non-hydrogen) atoms. The molecule has 0 saturated carbocycles. The van der Waals surface area contributed by atoms with Gasteiger partial charge in [-0.2, -0.15) is 0 Å². The Labute approximate surface area is 142 Å². The minimum atomic E-state index is -4.17. The number of carbonyl (C=O) groups excluding carboxylic acids is 1. The van der Waals surface area contributed by atoms with E-state index in [4.69, 9.17) is 28.3 Å². The van der Waals surface area contributed by atoms with Crippen molar-refractivity contribution in [1.29, 1.82) is 0 Å². The first-order chi connectivity index (χ1) is 10.7. The van der Waals surface area contributed by atoms with Crippen LogP contribution in [0.5, 0.6) is 0 Å². The van der Waals surface area contributed by atoms with E-state index in [1.54, 1.807) is 24.3 Å². The Bertz CT molecular complexity index is 872. The molecule has 0 amide bonds. The number of nitrogens with two attached hydrogens (primary N) is 1. The van der Waals surface area contributed by atoms with Gasteiger partial charge in [0.05, 0.1) is 12.8 Å².